The van der Waals surface area contributed by atoms with E-state index in [2.05, 4.69) is 74.6 Å². The lowest BCUT2D eigenvalue weighted by Crippen LogP contribution is -2.29. The second kappa shape index (κ2) is 37.8. The van der Waals surface area contributed by atoms with E-state index in [9.17, 15) is 19.0 Å². The highest BCUT2D eigenvalue weighted by atomic mass is 31.2. The van der Waals surface area contributed by atoms with Crippen LogP contribution in [0, 0.1) is 0 Å². The summed E-state index contributed by atoms with van der Waals surface area (Å²) in [5.74, 6) is -0.919. The van der Waals surface area contributed by atoms with Crippen LogP contribution in [-0.2, 0) is 32.7 Å². The zero-order valence-electron chi connectivity index (χ0n) is 33.7. The molecule has 0 rings (SSSR count). The Morgan fingerprint density at radius 1 is 0.585 bits per heavy atom. The van der Waals surface area contributed by atoms with E-state index in [0.717, 1.165) is 64.2 Å². The Morgan fingerprint density at radius 3 is 1.66 bits per heavy atom. The van der Waals surface area contributed by atoms with Gasteiger partial charge in [-0.25, -0.2) is 4.57 Å². The van der Waals surface area contributed by atoms with Gasteiger partial charge in [-0.15, -0.1) is 0 Å². The molecule has 304 valence electrons. The van der Waals surface area contributed by atoms with E-state index in [-0.39, 0.29) is 26.1 Å². The van der Waals surface area contributed by atoms with Crippen molar-refractivity contribution in [2.24, 2.45) is 0 Å². The van der Waals surface area contributed by atoms with Crippen LogP contribution < -0.4 is 0 Å². The fourth-order valence-electron chi connectivity index (χ4n) is 4.83. The Balaban J connectivity index is 4.46. The molecule has 0 aromatic rings. The van der Waals surface area contributed by atoms with Gasteiger partial charge in [-0.3, -0.25) is 18.6 Å². The summed E-state index contributed by atoms with van der Waals surface area (Å²) in [5.41, 5.74) is 0. The molecule has 0 amide bonds. The predicted octanol–water partition coefficient (Wildman–Crippen LogP) is 11.3. The monoisotopic (exact) mass is 764 g/mol. The number of hydrogen-bond donors (Lipinski definition) is 1. The second-order valence-corrected chi connectivity index (χ2v) is 14.9. The quantitative estimate of drug-likeness (QED) is 0.0288. The third-order valence-corrected chi connectivity index (χ3v) is 8.98. The molecule has 0 bridgehead atoms. The standard InChI is InChI=1S/C43H74NO8P/c1-5-7-9-11-13-15-17-18-19-20-21-22-23-24-26-27-29-31-33-35-42(45)49-39-41(40-51-53(47,48)50-38-37-44(3)4)52-43(46)36-34-32-30-28-25-16-14-12-10-8-6-2/h12-15,18-19,21-22,24,26,29,31,41H,5-11,16-17,20,23,25,27-28,30,32-40H2,1-4H3,(H,47,48)/b14-12-,15-13-,19-18-,22-21-,26-24-,31-29-. The van der Waals surface area contributed by atoms with Crippen molar-refractivity contribution in [2.75, 3.05) is 40.5 Å². The Kier molecular flexibility index (Phi) is 35.9. The van der Waals surface area contributed by atoms with E-state index < -0.39 is 32.5 Å². The van der Waals surface area contributed by atoms with Crippen molar-refractivity contribution in [3.8, 4) is 0 Å². The lowest BCUT2D eigenvalue weighted by molar-refractivity contribution is -0.161. The van der Waals surface area contributed by atoms with Crippen LogP contribution >= 0.6 is 7.82 Å². The maximum atomic E-state index is 12.6. The largest absolute Gasteiger partial charge is 0.472 e. The van der Waals surface area contributed by atoms with Crippen LogP contribution in [0.3, 0.4) is 0 Å². The summed E-state index contributed by atoms with van der Waals surface area (Å²) in [6.45, 7) is 4.13. The SMILES string of the molecule is CCCC/C=C\CCCCCCCC(=O)OC(COC(=O)CC/C=C\C/C=C\C/C=C\C/C=C\C/C=C\CCCCC)COP(=O)(O)OCCN(C)C. The summed E-state index contributed by atoms with van der Waals surface area (Å²) in [5, 5.41) is 0. The molecule has 1 N–H and O–H groups in total. The topological polar surface area (TPSA) is 112 Å². The number of nitrogens with zero attached hydrogens (tertiary/aromatic N) is 1. The van der Waals surface area contributed by atoms with Gasteiger partial charge in [-0.1, -0.05) is 132 Å². The van der Waals surface area contributed by atoms with Gasteiger partial charge in [0.05, 0.1) is 13.2 Å². The number of hydrogen-bond acceptors (Lipinski definition) is 8. The molecule has 0 aliphatic carbocycles. The number of ether oxygens (including phenoxy) is 2. The molecule has 0 saturated heterocycles. The van der Waals surface area contributed by atoms with E-state index >= 15 is 0 Å². The summed E-state index contributed by atoms with van der Waals surface area (Å²) < 4.78 is 33.2. The molecule has 0 heterocycles. The van der Waals surface area contributed by atoms with E-state index in [4.69, 9.17) is 18.5 Å². The van der Waals surface area contributed by atoms with Gasteiger partial charge in [0, 0.05) is 19.4 Å². The van der Waals surface area contributed by atoms with Crippen molar-refractivity contribution in [1.29, 1.82) is 0 Å². The average Bonchev–Trinajstić information content (AvgIpc) is 3.12. The molecule has 0 aromatic carbocycles. The third kappa shape index (κ3) is 39.0. The van der Waals surface area contributed by atoms with Crippen LogP contribution in [0.2, 0.25) is 0 Å². The number of unbranched alkanes of at least 4 members (excludes halogenated alkanes) is 10. The molecular formula is C43H74NO8P. The van der Waals surface area contributed by atoms with Gasteiger partial charge in [-0.2, -0.15) is 0 Å². The van der Waals surface area contributed by atoms with Gasteiger partial charge >= 0.3 is 19.8 Å². The van der Waals surface area contributed by atoms with E-state index in [1.54, 1.807) is 4.90 Å². The normalized spacial score (nSPS) is 14.2. The van der Waals surface area contributed by atoms with Crippen molar-refractivity contribution in [3.63, 3.8) is 0 Å². The van der Waals surface area contributed by atoms with Crippen molar-refractivity contribution in [1.82, 2.24) is 4.90 Å². The fraction of sp³-hybridized carbons (Fsp3) is 0.674. The molecule has 53 heavy (non-hydrogen) atoms. The fourth-order valence-corrected chi connectivity index (χ4v) is 5.57. The summed E-state index contributed by atoms with van der Waals surface area (Å²) in [4.78, 5) is 36.8. The Labute approximate surface area is 323 Å². The Bertz CT molecular complexity index is 1110. The van der Waals surface area contributed by atoms with Gasteiger partial charge < -0.3 is 19.3 Å². The van der Waals surface area contributed by atoms with Gasteiger partial charge in [-0.05, 0) is 84.7 Å². The molecule has 0 fully saturated rings. The summed E-state index contributed by atoms with van der Waals surface area (Å²) in [7, 11) is -0.754. The zero-order chi connectivity index (χ0) is 39.1. The molecule has 0 aliphatic rings. The van der Waals surface area contributed by atoms with Gasteiger partial charge in [0.1, 0.15) is 6.61 Å². The summed E-state index contributed by atoms with van der Waals surface area (Å²) in [6.07, 6.45) is 43.9. The minimum absolute atomic E-state index is 0.00864. The van der Waals surface area contributed by atoms with Crippen molar-refractivity contribution < 1.29 is 37.6 Å². The molecule has 0 aromatic heterocycles. The molecular weight excluding hydrogens is 689 g/mol. The minimum atomic E-state index is -4.38. The number of esters is 2. The number of likely N-dealkylation sites (N-methyl/N-ethyl adjacent to an activating group) is 1. The molecule has 0 aliphatic heterocycles. The van der Waals surface area contributed by atoms with Crippen LogP contribution in [0.1, 0.15) is 142 Å². The number of carbonyl (C=O) groups excluding carboxylic acids is 2. The molecule has 2 unspecified atom stereocenters. The first-order valence-electron chi connectivity index (χ1n) is 20.2. The number of phosphoric acid groups is 1. The van der Waals surface area contributed by atoms with E-state index in [1.165, 1.54) is 38.5 Å². The third-order valence-electron chi connectivity index (χ3n) is 8.00. The highest BCUT2D eigenvalue weighted by molar-refractivity contribution is 7.47. The maximum Gasteiger partial charge on any atom is 0.472 e. The van der Waals surface area contributed by atoms with Gasteiger partial charge in [0.2, 0.25) is 0 Å². The number of rotatable bonds is 36. The van der Waals surface area contributed by atoms with Crippen LogP contribution in [0.15, 0.2) is 72.9 Å². The Morgan fingerprint density at radius 2 is 1.08 bits per heavy atom. The maximum absolute atomic E-state index is 12.6. The molecule has 0 radical (unpaired) electrons. The van der Waals surface area contributed by atoms with Crippen LogP contribution in [0.25, 0.3) is 0 Å². The predicted molar refractivity (Wildman–Crippen MR) is 220 cm³/mol. The average molecular weight is 764 g/mol. The van der Waals surface area contributed by atoms with E-state index in [1.807, 2.05) is 26.2 Å². The van der Waals surface area contributed by atoms with Crippen molar-refractivity contribution in [3.05, 3.63) is 72.9 Å². The lowest BCUT2D eigenvalue weighted by atomic mass is 10.1. The molecule has 0 saturated carbocycles. The summed E-state index contributed by atoms with van der Waals surface area (Å²) >= 11 is 0. The first kappa shape index (κ1) is 50.5. The van der Waals surface area contributed by atoms with Crippen molar-refractivity contribution >= 4 is 19.8 Å². The first-order valence-corrected chi connectivity index (χ1v) is 21.7. The second-order valence-electron chi connectivity index (χ2n) is 13.5. The molecule has 2 atom stereocenters. The number of allylic oxidation sites excluding steroid dienone is 12. The Hall–Kier alpha value is -2.55. The van der Waals surface area contributed by atoms with Crippen LogP contribution in [-0.4, -0.2) is 68.3 Å². The number of phosphoric ester groups is 1. The number of carbonyl (C=O) groups is 2. The van der Waals surface area contributed by atoms with Crippen molar-refractivity contribution in [2.45, 2.75) is 148 Å². The first-order chi connectivity index (χ1) is 25.7. The highest BCUT2D eigenvalue weighted by Crippen LogP contribution is 2.43. The van der Waals surface area contributed by atoms with Crippen LogP contribution in [0.5, 0.6) is 0 Å². The lowest BCUT2D eigenvalue weighted by Gasteiger charge is -2.20. The van der Waals surface area contributed by atoms with Gasteiger partial charge in [0.25, 0.3) is 0 Å². The summed E-state index contributed by atoms with van der Waals surface area (Å²) in [6, 6.07) is 0. The molecule has 0 spiro atoms. The highest BCUT2D eigenvalue weighted by Gasteiger charge is 2.26. The van der Waals surface area contributed by atoms with Gasteiger partial charge in [0.15, 0.2) is 6.10 Å². The van der Waals surface area contributed by atoms with Crippen LogP contribution in [0.4, 0.5) is 0 Å². The van der Waals surface area contributed by atoms with E-state index in [0.29, 0.717) is 19.4 Å². The molecule has 9 nitrogen and oxygen atoms in total. The minimum Gasteiger partial charge on any atom is -0.462 e. The smallest absolute Gasteiger partial charge is 0.462 e. The zero-order valence-corrected chi connectivity index (χ0v) is 34.6. The molecule has 10 heteroatoms.